The van der Waals surface area contributed by atoms with Crippen molar-refractivity contribution in [3.8, 4) is 0 Å². The number of halogens is 3. The first kappa shape index (κ1) is 12.6. The second-order valence-corrected chi connectivity index (χ2v) is 3.18. The topological polar surface area (TPSA) is 59.2 Å². The van der Waals surface area contributed by atoms with Crippen molar-refractivity contribution in [2.24, 2.45) is 0 Å². The summed E-state index contributed by atoms with van der Waals surface area (Å²) in [5, 5.41) is -0.270. The molecule has 1 aromatic heterocycles. The van der Waals surface area contributed by atoms with Gasteiger partial charge in [0.15, 0.2) is 0 Å². The van der Waals surface area contributed by atoms with Crippen LogP contribution in [0.1, 0.15) is 29.3 Å². The number of H-pyrrole nitrogens is 1. The smallest absolute Gasteiger partial charge is 0.340 e. The van der Waals surface area contributed by atoms with Crippen molar-refractivity contribution in [3.63, 3.8) is 0 Å². The number of ether oxygens (including phenoxy) is 1. The number of carbonyl (C=O) groups is 1. The highest BCUT2D eigenvalue weighted by Gasteiger charge is 2.25. The number of aromatic amines is 1. The molecule has 0 atom stereocenters. The number of hydrogen-bond acceptors (Lipinski definition) is 3. The summed E-state index contributed by atoms with van der Waals surface area (Å²) in [4.78, 5) is 24.5. The summed E-state index contributed by atoms with van der Waals surface area (Å²) in [5.74, 6) is -1.03. The van der Waals surface area contributed by atoms with Gasteiger partial charge in [0.2, 0.25) is 0 Å². The van der Waals surface area contributed by atoms with Crippen LogP contribution in [0.5, 0.6) is 0 Å². The van der Waals surface area contributed by atoms with Crippen molar-refractivity contribution in [1.82, 2.24) is 4.98 Å². The molecule has 1 rings (SSSR count). The maximum atomic E-state index is 12.6. The Morgan fingerprint density at radius 3 is 2.75 bits per heavy atom. The second-order valence-electron chi connectivity index (χ2n) is 2.78. The second kappa shape index (κ2) is 5.07. The number of pyridine rings is 1. The largest absolute Gasteiger partial charge is 0.462 e. The first-order chi connectivity index (χ1) is 7.49. The Kier molecular flexibility index (Phi) is 4.00. The van der Waals surface area contributed by atoms with E-state index >= 15 is 0 Å². The summed E-state index contributed by atoms with van der Waals surface area (Å²) in [6.07, 6.45) is -2.12. The van der Waals surface area contributed by atoms with Crippen LogP contribution in [0.25, 0.3) is 0 Å². The van der Waals surface area contributed by atoms with E-state index in [1.165, 1.54) is 6.92 Å². The minimum atomic E-state index is -3.10. The minimum absolute atomic E-state index is 0.00460. The Hall–Kier alpha value is -1.43. The minimum Gasteiger partial charge on any atom is -0.462 e. The fourth-order valence-corrected chi connectivity index (χ4v) is 1.37. The van der Waals surface area contributed by atoms with Crippen LogP contribution < -0.4 is 5.56 Å². The van der Waals surface area contributed by atoms with Crippen LogP contribution in [0.4, 0.5) is 8.78 Å². The SMILES string of the molecule is CCOC(=O)c1c(Cl)c[nH]c(=O)c1C(F)F. The molecule has 1 aromatic rings. The summed E-state index contributed by atoms with van der Waals surface area (Å²) in [6, 6.07) is 0. The normalized spacial score (nSPS) is 10.6. The van der Waals surface area contributed by atoms with Crippen molar-refractivity contribution in [1.29, 1.82) is 0 Å². The molecule has 88 valence electrons. The summed E-state index contributed by atoms with van der Waals surface area (Å²) >= 11 is 5.57. The van der Waals surface area contributed by atoms with Gasteiger partial charge in [-0.25, -0.2) is 13.6 Å². The Labute approximate surface area is 94.2 Å². The van der Waals surface area contributed by atoms with Crippen LogP contribution in [-0.4, -0.2) is 17.6 Å². The highest BCUT2D eigenvalue weighted by Crippen LogP contribution is 2.25. The molecule has 0 saturated heterocycles. The molecule has 0 saturated carbocycles. The third-order valence-corrected chi connectivity index (χ3v) is 2.08. The number of esters is 1. The van der Waals surface area contributed by atoms with Gasteiger partial charge in [-0.3, -0.25) is 4.79 Å². The number of rotatable bonds is 3. The lowest BCUT2D eigenvalue weighted by atomic mass is 10.1. The molecule has 1 heterocycles. The Morgan fingerprint density at radius 2 is 2.25 bits per heavy atom. The Morgan fingerprint density at radius 1 is 1.62 bits per heavy atom. The van der Waals surface area contributed by atoms with Gasteiger partial charge < -0.3 is 9.72 Å². The fourth-order valence-electron chi connectivity index (χ4n) is 1.14. The van der Waals surface area contributed by atoms with Gasteiger partial charge in [-0.2, -0.15) is 0 Å². The predicted octanol–water partition coefficient (Wildman–Crippen LogP) is 2.14. The van der Waals surface area contributed by atoms with E-state index in [0.717, 1.165) is 6.20 Å². The molecule has 0 aliphatic heterocycles. The summed E-state index contributed by atoms with van der Waals surface area (Å²) < 4.78 is 29.7. The Bertz CT molecular complexity index is 459. The fraction of sp³-hybridized carbons (Fsp3) is 0.333. The van der Waals surface area contributed by atoms with Crippen LogP contribution in [0.2, 0.25) is 5.02 Å². The molecule has 0 aliphatic carbocycles. The van der Waals surface area contributed by atoms with Gasteiger partial charge in [-0.05, 0) is 6.92 Å². The van der Waals surface area contributed by atoms with Crippen molar-refractivity contribution in [2.75, 3.05) is 6.61 Å². The van der Waals surface area contributed by atoms with Gasteiger partial charge in [0, 0.05) is 6.20 Å². The molecule has 1 N–H and O–H groups in total. The lowest BCUT2D eigenvalue weighted by molar-refractivity contribution is 0.0515. The quantitative estimate of drug-likeness (QED) is 0.838. The van der Waals surface area contributed by atoms with Crippen LogP contribution in [-0.2, 0) is 4.74 Å². The molecule has 0 aliphatic rings. The molecular formula is C9H8ClF2NO3. The van der Waals surface area contributed by atoms with E-state index in [-0.39, 0.29) is 11.6 Å². The summed E-state index contributed by atoms with van der Waals surface area (Å²) in [7, 11) is 0. The Balaban J connectivity index is 3.40. The van der Waals surface area contributed by atoms with Crippen LogP contribution >= 0.6 is 11.6 Å². The van der Waals surface area contributed by atoms with Crippen molar-refractivity contribution >= 4 is 17.6 Å². The van der Waals surface area contributed by atoms with Crippen molar-refractivity contribution in [2.45, 2.75) is 13.3 Å². The third kappa shape index (κ3) is 2.38. The highest BCUT2D eigenvalue weighted by atomic mass is 35.5. The molecule has 0 bridgehead atoms. The molecule has 0 spiro atoms. The van der Waals surface area contributed by atoms with E-state index in [0.29, 0.717) is 0 Å². The number of nitrogens with one attached hydrogen (secondary N) is 1. The first-order valence-electron chi connectivity index (χ1n) is 4.35. The van der Waals surface area contributed by atoms with Crippen molar-refractivity contribution in [3.05, 3.63) is 32.7 Å². The van der Waals surface area contributed by atoms with Gasteiger partial charge in [-0.15, -0.1) is 0 Å². The van der Waals surface area contributed by atoms with E-state index in [2.05, 4.69) is 4.74 Å². The highest BCUT2D eigenvalue weighted by molar-refractivity contribution is 6.33. The number of alkyl halides is 2. The molecular weight excluding hydrogens is 244 g/mol. The van der Waals surface area contributed by atoms with Gasteiger partial charge in [0.05, 0.1) is 22.8 Å². The zero-order valence-electron chi connectivity index (χ0n) is 8.22. The summed E-state index contributed by atoms with van der Waals surface area (Å²) in [6.45, 7) is 1.52. The van der Waals surface area contributed by atoms with E-state index in [1.54, 1.807) is 0 Å². The van der Waals surface area contributed by atoms with Gasteiger partial charge in [0.1, 0.15) is 0 Å². The van der Waals surface area contributed by atoms with Crippen molar-refractivity contribution < 1.29 is 18.3 Å². The van der Waals surface area contributed by atoms with Crippen LogP contribution in [0, 0.1) is 0 Å². The monoisotopic (exact) mass is 251 g/mol. The lowest BCUT2D eigenvalue weighted by Crippen LogP contribution is -2.20. The average Bonchev–Trinajstić information content (AvgIpc) is 2.20. The number of aromatic nitrogens is 1. The molecule has 0 amide bonds. The zero-order chi connectivity index (χ0) is 12.3. The number of hydrogen-bond donors (Lipinski definition) is 1. The van der Waals surface area contributed by atoms with Crippen LogP contribution in [0.15, 0.2) is 11.0 Å². The van der Waals surface area contributed by atoms with Crippen LogP contribution in [0.3, 0.4) is 0 Å². The third-order valence-electron chi connectivity index (χ3n) is 1.78. The molecule has 16 heavy (non-hydrogen) atoms. The molecule has 7 heteroatoms. The standard InChI is InChI=1S/C9H8ClF2NO3/c1-2-16-9(15)5-4(10)3-13-8(14)6(5)7(11)12/h3,7H,2H2,1H3,(H,13,14). The molecule has 4 nitrogen and oxygen atoms in total. The predicted molar refractivity (Wildman–Crippen MR) is 53.0 cm³/mol. The molecule has 0 unspecified atom stereocenters. The molecule has 0 aromatic carbocycles. The van der Waals surface area contributed by atoms with Gasteiger partial charge in [-0.1, -0.05) is 11.6 Å². The number of carbonyl (C=O) groups excluding carboxylic acids is 1. The lowest BCUT2D eigenvalue weighted by Gasteiger charge is -2.08. The maximum Gasteiger partial charge on any atom is 0.340 e. The first-order valence-corrected chi connectivity index (χ1v) is 4.73. The van der Waals surface area contributed by atoms with Gasteiger partial charge >= 0.3 is 5.97 Å². The summed E-state index contributed by atoms with van der Waals surface area (Å²) in [5.41, 5.74) is -2.60. The molecule has 0 radical (unpaired) electrons. The maximum absolute atomic E-state index is 12.6. The average molecular weight is 252 g/mol. The van der Waals surface area contributed by atoms with Gasteiger partial charge in [0.25, 0.3) is 12.0 Å². The zero-order valence-corrected chi connectivity index (χ0v) is 8.98. The van der Waals surface area contributed by atoms with E-state index in [4.69, 9.17) is 11.6 Å². The van der Waals surface area contributed by atoms with E-state index in [9.17, 15) is 18.4 Å². The van der Waals surface area contributed by atoms with E-state index < -0.39 is 29.1 Å². The molecule has 0 fully saturated rings. The van der Waals surface area contributed by atoms with E-state index in [1.807, 2.05) is 4.98 Å².